The van der Waals surface area contributed by atoms with Crippen LogP contribution in [-0.2, 0) is 33.1 Å². The number of carbonyl (C=O) groups is 1. The zero-order chi connectivity index (χ0) is 15.3. The lowest BCUT2D eigenvalue weighted by molar-refractivity contribution is -0.637. The number of allylic oxidation sites excluding steroid dienone is 1. The molecule has 0 rings (SSSR count). The first kappa shape index (κ1) is 19.2. The Hall–Kier alpha value is -0.760. The zero-order valence-electron chi connectivity index (χ0n) is 12.0. The molecule has 0 saturated carbocycles. The minimum atomic E-state index is -3.65. The molecule has 0 bridgehead atoms. The molecule has 0 spiro atoms. The SMILES string of the molecule is C=CCCCCCCCCC(=O)OCC[S+]([O])(=O)O[NH3+]. The maximum atomic E-state index is 11.3. The summed E-state index contributed by atoms with van der Waals surface area (Å²) in [6.07, 6.45) is 9.73. The van der Waals surface area contributed by atoms with E-state index in [4.69, 9.17) is 4.74 Å². The van der Waals surface area contributed by atoms with Crippen molar-refractivity contribution in [3.8, 4) is 0 Å². The van der Waals surface area contributed by atoms with Gasteiger partial charge < -0.3 is 4.74 Å². The lowest BCUT2D eigenvalue weighted by Gasteiger charge is -2.03. The number of hydrogen-bond donors (Lipinski definition) is 1. The number of hydrogen-bond acceptors (Lipinski definition) is 4. The third kappa shape index (κ3) is 12.3. The molecular formula is C13H26NO5S+2. The number of unbranched alkanes of at least 4 members (excludes halogenated alkanes) is 6. The molecule has 1 atom stereocenters. The molecule has 7 heteroatoms. The third-order valence-corrected chi connectivity index (χ3v) is 3.84. The normalized spacial score (nSPS) is 13.7. The van der Waals surface area contributed by atoms with Crippen molar-refractivity contribution in [2.75, 3.05) is 12.4 Å². The summed E-state index contributed by atoms with van der Waals surface area (Å²) in [6, 6.07) is 0. The van der Waals surface area contributed by atoms with Crippen LogP contribution in [0.15, 0.2) is 12.7 Å². The van der Waals surface area contributed by atoms with E-state index in [1.165, 1.54) is 19.3 Å². The van der Waals surface area contributed by atoms with E-state index in [-0.39, 0.29) is 18.3 Å². The second kappa shape index (κ2) is 12.0. The number of quaternary nitrogens is 1. The van der Waals surface area contributed by atoms with Gasteiger partial charge in [-0.1, -0.05) is 31.8 Å². The summed E-state index contributed by atoms with van der Waals surface area (Å²) in [7, 11) is -3.65. The summed E-state index contributed by atoms with van der Waals surface area (Å²) in [6.45, 7) is 3.49. The second-order valence-electron chi connectivity index (χ2n) is 4.55. The first-order valence-corrected chi connectivity index (χ1v) is 8.52. The summed E-state index contributed by atoms with van der Waals surface area (Å²) in [5.74, 6) is 2.10. The highest BCUT2D eigenvalue weighted by Gasteiger charge is 2.32. The molecule has 117 valence electrons. The van der Waals surface area contributed by atoms with Crippen LogP contribution < -0.4 is 5.90 Å². The van der Waals surface area contributed by atoms with Gasteiger partial charge in [0, 0.05) is 10.7 Å². The first-order valence-electron chi connectivity index (χ1n) is 6.94. The second-order valence-corrected chi connectivity index (χ2v) is 6.31. The number of rotatable bonds is 13. The molecule has 0 heterocycles. The van der Waals surface area contributed by atoms with Gasteiger partial charge in [-0.25, -0.2) is 0 Å². The van der Waals surface area contributed by atoms with E-state index in [0.717, 1.165) is 25.7 Å². The topological polar surface area (TPSA) is 100 Å². The predicted octanol–water partition coefficient (Wildman–Crippen LogP) is 1.77. The van der Waals surface area contributed by atoms with E-state index in [1.807, 2.05) is 6.08 Å². The molecule has 0 aromatic rings. The number of esters is 1. The van der Waals surface area contributed by atoms with Gasteiger partial charge in [-0.15, -0.1) is 6.58 Å². The monoisotopic (exact) mass is 308 g/mol. The Labute approximate surface area is 122 Å². The highest BCUT2D eigenvalue weighted by atomic mass is 32.3. The van der Waals surface area contributed by atoms with E-state index >= 15 is 0 Å². The van der Waals surface area contributed by atoms with Gasteiger partial charge >= 0.3 is 16.5 Å². The zero-order valence-corrected chi connectivity index (χ0v) is 12.8. The lowest BCUT2D eigenvalue weighted by atomic mass is 10.1. The molecule has 0 aromatic heterocycles. The van der Waals surface area contributed by atoms with Gasteiger partial charge in [-0.3, -0.25) is 4.79 Å². The smallest absolute Gasteiger partial charge is 0.452 e. The molecule has 0 aliphatic rings. The predicted molar refractivity (Wildman–Crippen MR) is 75.7 cm³/mol. The fraction of sp³-hybridized carbons (Fsp3) is 0.769. The molecule has 0 aliphatic heterocycles. The molecule has 0 saturated heterocycles. The van der Waals surface area contributed by atoms with Gasteiger partial charge in [0.25, 0.3) is 0 Å². The van der Waals surface area contributed by atoms with E-state index in [9.17, 15) is 13.6 Å². The van der Waals surface area contributed by atoms with Crippen LogP contribution in [0, 0.1) is 0 Å². The Morgan fingerprint density at radius 1 is 1.15 bits per heavy atom. The van der Waals surface area contributed by atoms with Crippen molar-refractivity contribution in [2.45, 2.75) is 51.4 Å². The van der Waals surface area contributed by atoms with E-state index in [0.29, 0.717) is 6.42 Å². The minimum absolute atomic E-state index is 0.182. The molecular weight excluding hydrogens is 282 g/mol. The molecule has 0 aromatic carbocycles. The summed E-state index contributed by atoms with van der Waals surface area (Å²) < 4.78 is 30.6. The van der Waals surface area contributed by atoms with Crippen molar-refractivity contribution < 1.29 is 28.5 Å². The largest absolute Gasteiger partial charge is 0.460 e. The fourth-order valence-corrected chi connectivity index (χ4v) is 2.06. The Morgan fingerprint density at radius 2 is 1.75 bits per heavy atom. The van der Waals surface area contributed by atoms with E-state index in [1.54, 1.807) is 0 Å². The van der Waals surface area contributed by atoms with Gasteiger partial charge in [0.05, 0.1) is 4.55 Å². The minimum Gasteiger partial charge on any atom is -0.460 e. The quantitative estimate of drug-likeness (QED) is 0.184. The van der Waals surface area contributed by atoms with Crippen LogP contribution in [0.2, 0.25) is 0 Å². The standard InChI is InChI=1S/C13H26NO5S/c1-2-3-4-5-6-7-8-9-10-13(15)18-11-12-20(16,17)19-14/h2H,1,3-12H2,14H3/q+2. The van der Waals surface area contributed by atoms with Crippen LogP contribution in [0.4, 0.5) is 0 Å². The molecule has 1 radical (unpaired) electrons. The van der Waals surface area contributed by atoms with Gasteiger partial charge in [0.1, 0.15) is 6.61 Å². The Bertz CT molecular complexity index is 322. The van der Waals surface area contributed by atoms with Crippen LogP contribution in [0.5, 0.6) is 0 Å². The van der Waals surface area contributed by atoms with E-state index < -0.39 is 10.5 Å². The molecule has 6 nitrogen and oxygen atoms in total. The van der Waals surface area contributed by atoms with Gasteiger partial charge in [-0.05, 0) is 23.5 Å². The van der Waals surface area contributed by atoms with Crippen LogP contribution in [0.1, 0.15) is 51.4 Å². The summed E-state index contributed by atoms with van der Waals surface area (Å²) in [4.78, 5) is 11.3. The maximum absolute atomic E-state index is 11.3. The van der Waals surface area contributed by atoms with Gasteiger partial charge in [-0.2, -0.15) is 5.90 Å². The molecule has 0 amide bonds. The van der Waals surface area contributed by atoms with Crippen molar-refractivity contribution in [3.05, 3.63) is 12.7 Å². The van der Waals surface area contributed by atoms with Gasteiger partial charge in [0.2, 0.25) is 5.75 Å². The van der Waals surface area contributed by atoms with Crippen molar-refractivity contribution in [2.24, 2.45) is 0 Å². The molecule has 0 fully saturated rings. The number of carbonyl (C=O) groups excluding carboxylic acids is 1. The van der Waals surface area contributed by atoms with Crippen molar-refractivity contribution in [1.82, 2.24) is 0 Å². The number of ether oxygens (including phenoxy) is 1. The Morgan fingerprint density at radius 3 is 2.35 bits per heavy atom. The lowest BCUT2D eigenvalue weighted by Crippen LogP contribution is -2.53. The Balaban J connectivity index is 3.37. The highest BCUT2D eigenvalue weighted by molar-refractivity contribution is 7.92. The maximum Gasteiger partial charge on any atom is 0.452 e. The molecule has 0 aliphatic carbocycles. The molecule has 20 heavy (non-hydrogen) atoms. The van der Waals surface area contributed by atoms with Gasteiger partial charge in [0.15, 0.2) is 0 Å². The Kier molecular flexibility index (Phi) is 11.6. The average Bonchev–Trinajstić information content (AvgIpc) is 2.41. The summed E-state index contributed by atoms with van der Waals surface area (Å²) >= 11 is 0. The summed E-state index contributed by atoms with van der Waals surface area (Å²) in [5.41, 5.74) is 0. The van der Waals surface area contributed by atoms with Crippen LogP contribution in [0.3, 0.4) is 0 Å². The van der Waals surface area contributed by atoms with Crippen molar-refractivity contribution in [1.29, 1.82) is 0 Å². The molecule has 1 unspecified atom stereocenters. The van der Waals surface area contributed by atoms with Crippen molar-refractivity contribution >= 4 is 16.5 Å². The highest BCUT2D eigenvalue weighted by Crippen LogP contribution is 2.09. The average molecular weight is 308 g/mol. The first-order chi connectivity index (χ1) is 9.52. The molecule has 3 N–H and O–H groups in total. The third-order valence-electron chi connectivity index (χ3n) is 2.82. The van der Waals surface area contributed by atoms with Crippen molar-refractivity contribution in [3.63, 3.8) is 0 Å². The van der Waals surface area contributed by atoms with E-state index in [2.05, 4.69) is 16.8 Å². The van der Waals surface area contributed by atoms with Crippen LogP contribution in [0.25, 0.3) is 0 Å². The fourth-order valence-electron chi connectivity index (χ4n) is 1.65. The van der Waals surface area contributed by atoms with Crippen LogP contribution >= 0.6 is 0 Å². The summed E-state index contributed by atoms with van der Waals surface area (Å²) in [5, 5.41) is 0. The van der Waals surface area contributed by atoms with Crippen LogP contribution in [-0.4, -0.2) is 18.3 Å².